The molecule has 0 aliphatic rings. The van der Waals surface area contributed by atoms with Crippen LogP contribution in [0.25, 0.3) is 0 Å². The van der Waals surface area contributed by atoms with Gasteiger partial charge in [-0.1, -0.05) is 23.2 Å². The van der Waals surface area contributed by atoms with Gasteiger partial charge < -0.3 is 10.5 Å². The molecule has 1 aromatic carbocycles. The van der Waals surface area contributed by atoms with Crippen molar-refractivity contribution < 1.29 is 4.74 Å². The number of benzene rings is 1. The van der Waals surface area contributed by atoms with Crippen molar-refractivity contribution >= 4 is 44.9 Å². The normalized spacial score (nSPS) is 10.6. The van der Waals surface area contributed by atoms with E-state index in [9.17, 15) is 0 Å². The van der Waals surface area contributed by atoms with Gasteiger partial charge in [-0.3, -0.25) is 4.68 Å². The Morgan fingerprint density at radius 3 is 2.78 bits per heavy atom. The van der Waals surface area contributed by atoms with Crippen LogP contribution in [0.2, 0.25) is 10.0 Å². The number of aromatic nitrogens is 2. The molecule has 2 rings (SSSR count). The molecular weight excluding hydrogens is 341 g/mol. The molecule has 18 heavy (non-hydrogen) atoms. The van der Waals surface area contributed by atoms with Crippen LogP contribution < -0.4 is 10.5 Å². The van der Waals surface area contributed by atoms with Crippen molar-refractivity contribution in [3.63, 3.8) is 0 Å². The van der Waals surface area contributed by atoms with E-state index in [4.69, 9.17) is 33.7 Å². The van der Waals surface area contributed by atoms with Crippen LogP contribution in [-0.4, -0.2) is 16.4 Å². The number of halogens is 3. The average Bonchev–Trinajstić information content (AvgIpc) is 2.71. The molecule has 2 aromatic rings. The molecule has 0 saturated heterocycles. The van der Waals surface area contributed by atoms with E-state index in [0.717, 1.165) is 4.47 Å². The molecule has 0 spiro atoms. The van der Waals surface area contributed by atoms with Crippen molar-refractivity contribution in [1.82, 2.24) is 9.78 Å². The molecule has 0 fully saturated rings. The number of hydrogen-bond donors (Lipinski definition) is 1. The van der Waals surface area contributed by atoms with Crippen LogP contribution in [0.4, 0.5) is 5.82 Å². The van der Waals surface area contributed by atoms with Crippen molar-refractivity contribution in [3.05, 3.63) is 38.9 Å². The number of nitrogens with two attached hydrogens (primary N) is 1. The zero-order valence-electron chi connectivity index (χ0n) is 9.24. The van der Waals surface area contributed by atoms with Gasteiger partial charge in [-0.2, -0.15) is 5.10 Å². The highest BCUT2D eigenvalue weighted by molar-refractivity contribution is 9.10. The Kier molecular flexibility index (Phi) is 4.37. The van der Waals surface area contributed by atoms with E-state index in [0.29, 0.717) is 34.8 Å². The minimum Gasteiger partial charge on any atom is -0.490 e. The Hall–Kier alpha value is -0.910. The number of nitrogen functional groups attached to an aromatic ring is 1. The van der Waals surface area contributed by atoms with E-state index in [1.807, 2.05) is 0 Å². The van der Waals surface area contributed by atoms with Crippen molar-refractivity contribution in [2.24, 2.45) is 0 Å². The van der Waals surface area contributed by atoms with E-state index in [1.54, 1.807) is 29.1 Å². The van der Waals surface area contributed by atoms with Crippen molar-refractivity contribution in [2.45, 2.75) is 6.54 Å². The fraction of sp³-hybridized carbons (Fsp3) is 0.182. The summed E-state index contributed by atoms with van der Waals surface area (Å²) in [5.41, 5.74) is 5.51. The number of rotatable bonds is 4. The third kappa shape index (κ3) is 3.31. The fourth-order valence-electron chi connectivity index (χ4n) is 1.37. The van der Waals surface area contributed by atoms with E-state index < -0.39 is 0 Å². The highest BCUT2D eigenvalue weighted by Gasteiger charge is 2.06. The van der Waals surface area contributed by atoms with Gasteiger partial charge in [-0.05, 0) is 28.1 Å². The van der Waals surface area contributed by atoms with Gasteiger partial charge in [0.05, 0.1) is 16.6 Å². The minimum atomic E-state index is 0.429. The molecule has 0 saturated carbocycles. The molecule has 4 nitrogen and oxygen atoms in total. The monoisotopic (exact) mass is 349 g/mol. The topological polar surface area (TPSA) is 53.1 Å². The van der Waals surface area contributed by atoms with Gasteiger partial charge in [0.25, 0.3) is 0 Å². The quantitative estimate of drug-likeness (QED) is 0.857. The Morgan fingerprint density at radius 1 is 1.33 bits per heavy atom. The number of hydrogen-bond acceptors (Lipinski definition) is 3. The standard InChI is InChI=1S/C11H10BrCl2N3O/c12-7-5-9(14)10(6-8(7)13)18-4-3-17-2-1-11(15)16-17/h1-2,5-6H,3-4H2,(H2,15,16). The molecule has 0 radical (unpaired) electrons. The highest BCUT2D eigenvalue weighted by Crippen LogP contribution is 2.33. The fourth-order valence-corrected chi connectivity index (χ4v) is 2.21. The molecule has 96 valence electrons. The Labute approximate surface area is 123 Å². The van der Waals surface area contributed by atoms with Gasteiger partial charge in [0.2, 0.25) is 0 Å². The summed E-state index contributed by atoms with van der Waals surface area (Å²) >= 11 is 15.3. The lowest BCUT2D eigenvalue weighted by atomic mass is 10.3. The molecule has 0 unspecified atom stereocenters. The lowest BCUT2D eigenvalue weighted by Crippen LogP contribution is -2.09. The smallest absolute Gasteiger partial charge is 0.145 e. The maximum atomic E-state index is 6.03. The first-order valence-electron chi connectivity index (χ1n) is 5.12. The van der Waals surface area contributed by atoms with Crippen LogP contribution in [0.3, 0.4) is 0 Å². The number of nitrogens with zero attached hydrogens (tertiary/aromatic N) is 2. The van der Waals surface area contributed by atoms with Crippen molar-refractivity contribution in [3.8, 4) is 5.75 Å². The number of ether oxygens (including phenoxy) is 1. The third-order valence-electron chi connectivity index (χ3n) is 2.21. The van der Waals surface area contributed by atoms with E-state index >= 15 is 0 Å². The molecule has 0 amide bonds. The average molecular weight is 351 g/mol. The summed E-state index contributed by atoms with van der Waals surface area (Å²) in [4.78, 5) is 0. The van der Waals surface area contributed by atoms with E-state index in [2.05, 4.69) is 21.0 Å². The molecule has 0 atom stereocenters. The highest BCUT2D eigenvalue weighted by atomic mass is 79.9. The second-order valence-corrected chi connectivity index (χ2v) is 5.22. The predicted molar refractivity (Wildman–Crippen MR) is 76.3 cm³/mol. The molecule has 0 aliphatic heterocycles. The molecule has 1 heterocycles. The maximum Gasteiger partial charge on any atom is 0.145 e. The van der Waals surface area contributed by atoms with Gasteiger partial charge >= 0.3 is 0 Å². The van der Waals surface area contributed by atoms with Crippen LogP contribution in [-0.2, 0) is 6.54 Å². The second kappa shape index (κ2) is 5.82. The van der Waals surface area contributed by atoms with Crippen LogP contribution in [0.5, 0.6) is 5.75 Å². The first-order valence-corrected chi connectivity index (χ1v) is 6.67. The molecule has 0 aliphatic carbocycles. The van der Waals surface area contributed by atoms with Gasteiger partial charge in [-0.25, -0.2) is 0 Å². The second-order valence-electron chi connectivity index (χ2n) is 3.55. The van der Waals surface area contributed by atoms with Gasteiger partial charge in [0.15, 0.2) is 0 Å². The van der Waals surface area contributed by atoms with Crippen LogP contribution in [0.1, 0.15) is 0 Å². The Morgan fingerprint density at radius 2 is 2.11 bits per heavy atom. The summed E-state index contributed by atoms with van der Waals surface area (Å²) in [6, 6.07) is 5.10. The van der Waals surface area contributed by atoms with Crippen LogP contribution >= 0.6 is 39.1 Å². The lowest BCUT2D eigenvalue weighted by molar-refractivity contribution is 0.291. The summed E-state index contributed by atoms with van der Waals surface area (Å²) in [6.45, 7) is 1.01. The summed E-state index contributed by atoms with van der Waals surface area (Å²) in [5, 5.41) is 5.10. The first-order chi connectivity index (χ1) is 8.56. The zero-order chi connectivity index (χ0) is 13.1. The summed E-state index contributed by atoms with van der Waals surface area (Å²) in [7, 11) is 0. The molecule has 2 N–H and O–H groups in total. The largest absolute Gasteiger partial charge is 0.490 e. The maximum absolute atomic E-state index is 6.03. The zero-order valence-corrected chi connectivity index (χ0v) is 12.3. The third-order valence-corrected chi connectivity index (χ3v) is 3.71. The Balaban J connectivity index is 1.96. The lowest BCUT2D eigenvalue weighted by Gasteiger charge is -2.09. The van der Waals surface area contributed by atoms with E-state index in [1.165, 1.54) is 0 Å². The molecule has 0 bridgehead atoms. The van der Waals surface area contributed by atoms with Gasteiger partial charge in [0, 0.05) is 16.7 Å². The first kappa shape index (κ1) is 13.5. The molecule has 7 heteroatoms. The summed E-state index contributed by atoms with van der Waals surface area (Å²) in [5.74, 6) is 1.03. The minimum absolute atomic E-state index is 0.429. The van der Waals surface area contributed by atoms with E-state index in [-0.39, 0.29) is 0 Å². The van der Waals surface area contributed by atoms with Crippen molar-refractivity contribution in [2.75, 3.05) is 12.3 Å². The predicted octanol–water partition coefficient (Wildman–Crippen LogP) is 3.61. The van der Waals surface area contributed by atoms with Gasteiger partial charge in [0.1, 0.15) is 18.2 Å². The number of anilines is 1. The summed E-state index contributed by atoms with van der Waals surface area (Å²) < 4.78 is 7.98. The van der Waals surface area contributed by atoms with Crippen molar-refractivity contribution in [1.29, 1.82) is 0 Å². The summed E-state index contributed by atoms with van der Waals surface area (Å²) in [6.07, 6.45) is 1.79. The van der Waals surface area contributed by atoms with Crippen LogP contribution in [0, 0.1) is 0 Å². The molecular formula is C11H10BrCl2N3O. The Bertz CT molecular complexity index is 559. The van der Waals surface area contributed by atoms with Gasteiger partial charge in [-0.15, -0.1) is 0 Å². The molecule has 1 aromatic heterocycles. The SMILES string of the molecule is Nc1ccn(CCOc2cc(Cl)c(Br)cc2Cl)n1. The van der Waals surface area contributed by atoms with Crippen LogP contribution in [0.15, 0.2) is 28.9 Å².